The average molecular weight is 566 g/mol. The molecule has 3 aromatic rings. The first-order chi connectivity index (χ1) is 19.0. The molecule has 0 aliphatic rings. The van der Waals surface area contributed by atoms with E-state index in [9.17, 15) is 18.0 Å². The first kappa shape index (κ1) is 30.7. The molecule has 0 spiro atoms. The van der Waals surface area contributed by atoms with E-state index in [-0.39, 0.29) is 23.4 Å². The first-order valence-electron chi connectivity index (χ1n) is 13.4. The summed E-state index contributed by atoms with van der Waals surface area (Å²) in [6.45, 7) is 8.96. The monoisotopic (exact) mass is 565 g/mol. The zero-order valence-corrected chi connectivity index (χ0v) is 24.9. The summed E-state index contributed by atoms with van der Waals surface area (Å²) in [7, 11) is -2.54. The second-order valence-corrected chi connectivity index (χ2v) is 11.8. The van der Waals surface area contributed by atoms with Gasteiger partial charge in [0.1, 0.15) is 18.3 Å². The number of carbonyl (C=O) groups excluding carboxylic acids is 2. The number of anilines is 1. The number of hydrogen-bond acceptors (Lipinski definition) is 5. The van der Waals surface area contributed by atoms with Crippen LogP contribution in [-0.2, 0) is 26.2 Å². The second kappa shape index (κ2) is 13.5. The van der Waals surface area contributed by atoms with Crippen LogP contribution in [0.4, 0.5) is 5.69 Å². The molecule has 0 saturated heterocycles. The van der Waals surface area contributed by atoms with Crippen LogP contribution in [0.25, 0.3) is 0 Å². The Hall–Kier alpha value is -3.85. The maximum absolute atomic E-state index is 14.0. The second-order valence-electron chi connectivity index (χ2n) is 9.96. The molecule has 0 aliphatic heterocycles. The largest absolute Gasteiger partial charge is 0.497 e. The molecule has 0 radical (unpaired) electrons. The topological polar surface area (TPSA) is 96.0 Å². The molecule has 0 unspecified atom stereocenters. The standard InChI is InChI=1S/C31H39N3O5S/c1-7-24(4)32-31(36)25(5)33(20-26-12-11-13-28(19-26)39-6)30(35)21-34(27-17-16-22(2)23(3)18-27)40(37,38)29-14-9-8-10-15-29/h8-19,24-25H,7,20-21H2,1-6H3,(H,32,36)/t24-,25+/m0/s1. The number of ether oxygens (including phenoxy) is 1. The zero-order chi connectivity index (χ0) is 29.4. The van der Waals surface area contributed by atoms with Crippen molar-refractivity contribution in [3.63, 3.8) is 0 Å². The van der Waals surface area contributed by atoms with E-state index in [0.29, 0.717) is 11.4 Å². The van der Waals surface area contributed by atoms with Gasteiger partial charge in [-0.2, -0.15) is 0 Å². The van der Waals surface area contributed by atoms with Crippen LogP contribution in [0.5, 0.6) is 5.75 Å². The van der Waals surface area contributed by atoms with E-state index in [1.165, 1.54) is 17.0 Å². The maximum Gasteiger partial charge on any atom is 0.264 e. The third kappa shape index (κ3) is 7.41. The Morgan fingerprint density at radius 2 is 1.62 bits per heavy atom. The van der Waals surface area contributed by atoms with E-state index in [4.69, 9.17) is 4.74 Å². The summed E-state index contributed by atoms with van der Waals surface area (Å²) in [6, 6.07) is 19.6. The molecule has 2 atom stereocenters. The van der Waals surface area contributed by atoms with Crippen molar-refractivity contribution >= 4 is 27.5 Å². The molecule has 0 fully saturated rings. The van der Waals surface area contributed by atoms with Crippen molar-refractivity contribution in [2.75, 3.05) is 18.0 Å². The van der Waals surface area contributed by atoms with E-state index >= 15 is 0 Å². The molecule has 0 aromatic heterocycles. The number of rotatable bonds is 12. The Morgan fingerprint density at radius 3 is 2.25 bits per heavy atom. The zero-order valence-electron chi connectivity index (χ0n) is 24.0. The summed E-state index contributed by atoms with van der Waals surface area (Å²) in [4.78, 5) is 28.7. The average Bonchev–Trinajstić information content (AvgIpc) is 2.96. The third-order valence-corrected chi connectivity index (χ3v) is 8.83. The van der Waals surface area contributed by atoms with Crippen LogP contribution in [0.3, 0.4) is 0 Å². The van der Waals surface area contributed by atoms with Gasteiger partial charge in [0.2, 0.25) is 11.8 Å². The minimum atomic E-state index is -4.10. The Bertz CT molecular complexity index is 1430. The Kier molecular flexibility index (Phi) is 10.3. The van der Waals surface area contributed by atoms with Gasteiger partial charge in [-0.25, -0.2) is 8.42 Å². The molecule has 2 amide bonds. The molecule has 40 heavy (non-hydrogen) atoms. The fourth-order valence-corrected chi connectivity index (χ4v) is 5.57. The van der Waals surface area contributed by atoms with Crippen LogP contribution in [0.1, 0.15) is 43.9 Å². The fourth-order valence-electron chi connectivity index (χ4n) is 4.14. The maximum atomic E-state index is 14.0. The van der Waals surface area contributed by atoms with Crippen LogP contribution < -0.4 is 14.4 Å². The lowest BCUT2D eigenvalue weighted by Gasteiger charge is -2.32. The summed E-state index contributed by atoms with van der Waals surface area (Å²) in [5.41, 5.74) is 3.02. The van der Waals surface area contributed by atoms with E-state index in [2.05, 4.69) is 5.32 Å². The quantitative estimate of drug-likeness (QED) is 0.339. The van der Waals surface area contributed by atoms with Gasteiger partial charge in [-0.05, 0) is 87.2 Å². The van der Waals surface area contributed by atoms with Gasteiger partial charge in [-0.3, -0.25) is 13.9 Å². The molecule has 9 heteroatoms. The first-order valence-corrected chi connectivity index (χ1v) is 14.8. The Labute approximate surface area is 238 Å². The molecular weight excluding hydrogens is 526 g/mol. The van der Waals surface area contributed by atoms with Crippen molar-refractivity contribution in [1.82, 2.24) is 10.2 Å². The highest BCUT2D eigenvalue weighted by atomic mass is 32.2. The molecule has 0 heterocycles. The Morgan fingerprint density at radius 1 is 0.925 bits per heavy atom. The lowest BCUT2D eigenvalue weighted by Crippen LogP contribution is -2.52. The molecule has 1 N–H and O–H groups in total. The molecule has 0 saturated carbocycles. The van der Waals surface area contributed by atoms with Gasteiger partial charge in [0.15, 0.2) is 0 Å². The fraction of sp³-hybridized carbons (Fsp3) is 0.355. The van der Waals surface area contributed by atoms with E-state index < -0.39 is 28.5 Å². The van der Waals surface area contributed by atoms with Crippen LogP contribution in [0.15, 0.2) is 77.7 Å². The van der Waals surface area contributed by atoms with Gasteiger partial charge in [-0.15, -0.1) is 0 Å². The highest BCUT2D eigenvalue weighted by Gasteiger charge is 2.33. The van der Waals surface area contributed by atoms with Crippen LogP contribution >= 0.6 is 0 Å². The molecule has 0 bridgehead atoms. The minimum Gasteiger partial charge on any atom is -0.497 e. The summed E-state index contributed by atoms with van der Waals surface area (Å²) in [6.07, 6.45) is 0.734. The van der Waals surface area contributed by atoms with Gasteiger partial charge in [0.25, 0.3) is 10.0 Å². The van der Waals surface area contributed by atoms with E-state index in [0.717, 1.165) is 27.4 Å². The number of sulfonamides is 1. The summed E-state index contributed by atoms with van der Waals surface area (Å²) >= 11 is 0. The molecule has 214 valence electrons. The minimum absolute atomic E-state index is 0.0722. The highest BCUT2D eigenvalue weighted by molar-refractivity contribution is 7.92. The van der Waals surface area contributed by atoms with Crippen LogP contribution in [0.2, 0.25) is 0 Å². The van der Waals surface area contributed by atoms with E-state index in [1.54, 1.807) is 56.5 Å². The molecular formula is C31H39N3O5S. The number of benzene rings is 3. The summed E-state index contributed by atoms with van der Waals surface area (Å²) in [5.74, 6) is -0.202. The number of hydrogen-bond donors (Lipinski definition) is 1. The number of amides is 2. The number of aryl methyl sites for hydroxylation is 2. The van der Waals surface area contributed by atoms with Gasteiger partial charge >= 0.3 is 0 Å². The van der Waals surface area contributed by atoms with Gasteiger partial charge in [-0.1, -0.05) is 43.3 Å². The SMILES string of the molecule is CC[C@H](C)NC(=O)[C@@H](C)N(Cc1cccc(OC)c1)C(=O)CN(c1ccc(C)c(C)c1)S(=O)(=O)c1ccccc1. The normalized spacial score (nSPS) is 12.8. The number of methoxy groups -OCH3 is 1. The van der Waals surface area contributed by atoms with Crippen LogP contribution in [-0.4, -0.2) is 50.9 Å². The van der Waals surface area contributed by atoms with Crippen molar-refractivity contribution in [3.05, 3.63) is 89.5 Å². The smallest absolute Gasteiger partial charge is 0.264 e. The molecule has 3 rings (SSSR count). The predicted molar refractivity (Wildman–Crippen MR) is 158 cm³/mol. The van der Waals surface area contributed by atoms with Crippen molar-refractivity contribution < 1.29 is 22.7 Å². The van der Waals surface area contributed by atoms with Gasteiger partial charge in [0.05, 0.1) is 17.7 Å². The number of carbonyl (C=O) groups is 2. The highest BCUT2D eigenvalue weighted by Crippen LogP contribution is 2.26. The van der Waals surface area contributed by atoms with E-state index in [1.807, 2.05) is 45.9 Å². The van der Waals surface area contributed by atoms with Crippen molar-refractivity contribution in [3.8, 4) is 5.75 Å². The number of nitrogens with one attached hydrogen (secondary N) is 1. The van der Waals surface area contributed by atoms with Gasteiger partial charge in [0, 0.05) is 12.6 Å². The summed E-state index contributed by atoms with van der Waals surface area (Å²) < 4.78 is 34.2. The Balaban J connectivity index is 2.05. The molecule has 8 nitrogen and oxygen atoms in total. The summed E-state index contributed by atoms with van der Waals surface area (Å²) in [5, 5.41) is 2.94. The predicted octanol–water partition coefficient (Wildman–Crippen LogP) is 4.84. The lowest BCUT2D eigenvalue weighted by molar-refractivity contribution is -0.139. The molecule has 0 aliphatic carbocycles. The van der Waals surface area contributed by atoms with Crippen molar-refractivity contribution in [1.29, 1.82) is 0 Å². The molecule has 3 aromatic carbocycles. The van der Waals surface area contributed by atoms with Gasteiger partial charge < -0.3 is 15.0 Å². The lowest BCUT2D eigenvalue weighted by atomic mass is 10.1. The van der Waals surface area contributed by atoms with Crippen LogP contribution in [0, 0.1) is 13.8 Å². The van der Waals surface area contributed by atoms with Crippen molar-refractivity contribution in [2.24, 2.45) is 0 Å². The number of nitrogens with zero attached hydrogens (tertiary/aromatic N) is 2. The third-order valence-electron chi connectivity index (χ3n) is 7.04. The van der Waals surface area contributed by atoms with Crippen molar-refractivity contribution in [2.45, 2.75) is 64.6 Å².